The van der Waals surface area contributed by atoms with Crippen LogP contribution in [0.25, 0.3) is 0 Å². The number of hydrogen-bond acceptors (Lipinski definition) is 7. The number of carboxylic acid groups (broad SMARTS) is 1. The normalized spacial score (nSPS) is 21.9. The largest absolute Gasteiger partial charge is 0.493 e. The highest BCUT2D eigenvalue weighted by atomic mass is 19.4. The summed E-state index contributed by atoms with van der Waals surface area (Å²) in [5, 5.41) is 20.6. The molecule has 0 bridgehead atoms. The maximum atomic E-state index is 15.1. The van der Waals surface area contributed by atoms with E-state index in [2.05, 4.69) is 11.1 Å². The molecule has 1 unspecified atom stereocenters. The van der Waals surface area contributed by atoms with E-state index in [0.717, 1.165) is 49.4 Å². The summed E-state index contributed by atoms with van der Waals surface area (Å²) in [6, 6.07) is 14.3. The summed E-state index contributed by atoms with van der Waals surface area (Å²) in [4.78, 5) is 48.1. The number of carboxylic acids is 1. The third kappa shape index (κ3) is 9.21. The lowest BCUT2D eigenvalue weighted by Crippen LogP contribution is -2.68. The second-order valence-electron chi connectivity index (χ2n) is 16.0. The number of carbonyl (C=O) groups excluding carboxylic acids is 2. The number of hydrogen-bond donors (Lipinski definition) is 1. The van der Waals surface area contributed by atoms with Crippen molar-refractivity contribution in [2.75, 3.05) is 26.2 Å². The van der Waals surface area contributed by atoms with Crippen molar-refractivity contribution in [2.24, 2.45) is 5.41 Å². The average Bonchev–Trinajstić information content (AvgIpc) is 3.75. The molecular weight excluding hydrogens is 807 g/mol. The van der Waals surface area contributed by atoms with Crippen LogP contribution in [0.3, 0.4) is 0 Å². The molecule has 3 aromatic rings. The molecule has 1 aliphatic carbocycles. The zero-order chi connectivity index (χ0) is 44.0. The van der Waals surface area contributed by atoms with Crippen molar-refractivity contribution in [3.05, 3.63) is 101 Å². The van der Waals surface area contributed by atoms with Gasteiger partial charge in [0.05, 0.1) is 35.1 Å². The molecule has 2 amide bonds. The third-order valence-corrected chi connectivity index (χ3v) is 12.4. The Kier molecular flexibility index (Phi) is 13.7. The number of para-hydroxylation sites is 1. The summed E-state index contributed by atoms with van der Waals surface area (Å²) in [7, 11) is 0. The van der Waals surface area contributed by atoms with Crippen molar-refractivity contribution in [3.8, 4) is 17.6 Å². The molecule has 1 N–H and O–H groups in total. The van der Waals surface area contributed by atoms with Gasteiger partial charge in [-0.05, 0) is 88.3 Å². The van der Waals surface area contributed by atoms with E-state index in [1.54, 1.807) is 37.3 Å². The summed E-state index contributed by atoms with van der Waals surface area (Å²) in [6.45, 7) is 1.88. The van der Waals surface area contributed by atoms with Crippen LogP contribution in [0.1, 0.15) is 104 Å². The van der Waals surface area contributed by atoms with Gasteiger partial charge < -0.3 is 24.4 Å². The maximum Gasteiger partial charge on any atom is 0.416 e. The van der Waals surface area contributed by atoms with E-state index in [-0.39, 0.29) is 57.7 Å². The van der Waals surface area contributed by atoms with Crippen LogP contribution in [0.5, 0.6) is 11.5 Å². The Hall–Kier alpha value is -5.59. The molecular formula is C45H48F6N4O6. The van der Waals surface area contributed by atoms with Crippen LogP contribution in [0, 0.1) is 16.7 Å². The second-order valence-corrected chi connectivity index (χ2v) is 16.0. The van der Waals surface area contributed by atoms with Crippen molar-refractivity contribution in [1.29, 1.82) is 5.26 Å². The van der Waals surface area contributed by atoms with Gasteiger partial charge in [0.1, 0.15) is 17.2 Å². The number of ether oxygens (including phenoxy) is 2. The number of rotatable bonds is 14. The van der Waals surface area contributed by atoms with Crippen molar-refractivity contribution in [2.45, 2.75) is 107 Å². The fraction of sp³-hybridized carbons (Fsp3) is 0.489. The Bertz CT molecular complexity index is 2110. The Balaban J connectivity index is 1.29. The highest BCUT2D eigenvalue weighted by molar-refractivity contribution is 5.96. The topological polar surface area (TPSA) is 133 Å². The number of benzene rings is 2. The molecule has 1 saturated carbocycles. The van der Waals surface area contributed by atoms with E-state index in [0.29, 0.717) is 37.0 Å². The number of carbonyl (C=O) groups is 3. The summed E-state index contributed by atoms with van der Waals surface area (Å²) in [5.41, 5.74) is -5.42. The number of aromatic nitrogens is 1. The molecule has 3 fully saturated rings. The lowest BCUT2D eigenvalue weighted by molar-refractivity contribution is -0.157. The summed E-state index contributed by atoms with van der Waals surface area (Å²) in [5.74, 6) is -2.02. The van der Waals surface area contributed by atoms with E-state index in [1.165, 1.54) is 21.9 Å². The smallest absolute Gasteiger partial charge is 0.416 e. The predicted molar refractivity (Wildman–Crippen MR) is 211 cm³/mol. The minimum Gasteiger partial charge on any atom is -0.493 e. The number of likely N-dealkylation sites (tertiary alicyclic amines) is 2. The molecule has 3 atom stereocenters. The molecule has 61 heavy (non-hydrogen) atoms. The lowest BCUT2D eigenvalue weighted by Gasteiger charge is -2.50. The molecule has 3 aliphatic rings. The summed E-state index contributed by atoms with van der Waals surface area (Å²) < 4.78 is 95.4. The van der Waals surface area contributed by atoms with E-state index >= 15 is 4.79 Å². The SMILES string of the molecule is C/C=C/[C@H]1N(C(=O)c2ncccc2C(F)C(F)F)CCC[C@@]1(Oc1ccc(C(F)(F)F)cc1)C(=O)N1CCC(C#N)(c2ccccc2OCCCC2(C(=O)O)CCCC2)CC1. The van der Waals surface area contributed by atoms with Gasteiger partial charge in [-0.15, -0.1) is 0 Å². The van der Waals surface area contributed by atoms with Gasteiger partial charge in [-0.25, -0.2) is 13.2 Å². The van der Waals surface area contributed by atoms with E-state index in [1.807, 2.05) is 0 Å². The number of halogens is 6. The average molecular weight is 855 g/mol. The number of aliphatic carboxylic acids is 1. The first kappa shape index (κ1) is 44.9. The van der Waals surface area contributed by atoms with Crippen LogP contribution in [0.15, 0.2) is 79.0 Å². The molecule has 2 saturated heterocycles. The van der Waals surface area contributed by atoms with Crippen LogP contribution >= 0.6 is 0 Å². The molecule has 6 rings (SSSR count). The van der Waals surface area contributed by atoms with Crippen LogP contribution in [-0.2, 0) is 21.2 Å². The van der Waals surface area contributed by atoms with Gasteiger partial charge in [0.15, 0.2) is 6.17 Å². The molecule has 16 heteroatoms. The molecule has 3 heterocycles. The Morgan fingerprint density at radius 1 is 0.951 bits per heavy atom. The minimum atomic E-state index is -4.66. The van der Waals surface area contributed by atoms with E-state index in [4.69, 9.17) is 9.47 Å². The number of nitrogens with zero attached hydrogens (tertiary/aromatic N) is 4. The van der Waals surface area contributed by atoms with Gasteiger partial charge in [-0.1, -0.05) is 49.3 Å². The fourth-order valence-corrected chi connectivity index (χ4v) is 9.13. The van der Waals surface area contributed by atoms with Gasteiger partial charge in [0.2, 0.25) is 5.60 Å². The lowest BCUT2D eigenvalue weighted by atomic mass is 9.73. The second kappa shape index (κ2) is 18.6. The number of nitriles is 1. The molecule has 1 aromatic heterocycles. The van der Waals surface area contributed by atoms with Gasteiger partial charge >= 0.3 is 12.1 Å². The van der Waals surface area contributed by atoms with Gasteiger partial charge in [-0.3, -0.25) is 19.4 Å². The number of pyridine rings is 1. The first-order chi connectivity index (χ1) is 29.1. The van der Waals surface area contributed by atoms with Crippen LogP contribution in [0.2, 0.25) is 0 Å². The number of amides is 2. The Morgan fingerprint density at radius 3 is 2.26 bits per heavy atom. The highest BCUT2D eigenvalue weighted by Crippen LogP contribution is 2.45. The van der Waals surface area contributed by atoms with Crippen LogP contribution < -0.4 is 9.47 Å². The van der Waals surface area contributed by atoms with Crippen molar-refractivity contribution >= 4 is 17.8 Å². The number of piperidine rings is 2. The third-order valence-electron chi connectivity index (χ3n) is 12.4. The van der Waals surface area contributed by atoms with E-state index < -0.39 is 75.9 Å². The maximum absolute atomic E-state index is 15.1. The molecule has 0 spiro atoms. The molecule has 326 valence electrons. The predicted octanol–water partition coefficient (Wildman–Crippen LogP) is 9.26. The van der Waals surface area contributed by atoms with Crippen LogP contribution in [-0.4, -0.2) is 82.0 Å². The summed E-state index contributed by atoms with van der Waals surface area (Å²) >= 11 is 0. The quantitative estimate of drug-likeness (QED) is 0.0965. The first-order valence-corrected chi connectivity index (χ1v) is 20.4. The Labute approximate surface area is 350 Å². The molecule has 10 nitrogen and oxygen atoms in total. The minimum absolute atomic E-state index is 0.0213. The monoisotopic (exact) mass is 854 g/mol. The fourth-order valence-electron chi connectivity index (χ4n) is 9.13. The number of allylic oxidation sites excluding steroid dienone is 1. The molecule has 0 radical (unpaired) electrons. The zero-order valence-electron chi connectivity index (χ0n) is 33.7. The van der Waals surface area contributed by atoms with Gasteiger partial charge in [0.25, 0.3) is 18.2 Å². The molecule has 2 aliphatic heterocycles. The van der Waals surface area contributed by atoms with Crippen molar-refractivity contribution in [1.82, 2.24) is 14.8 Å². The van der Waals surface area contributed by atoms with E-state index in [9.17, 15) is 46.3 Å². The van der Waals surface area contributed by atoms with Crippen molar-refractivity contribution < 1.29 is 55.3 Å². The van der Waals surface area contributed by atoms with Gasteiger partial charge in [-0.2, -0.15) is 18.4 Å². The van der Waals surface area contributed by atoms with Crippen molar-refractivity contribution in [3.63, 3.8) is 0 Å². The molecule has 2 aromatic carbocycles. The van der Waals surface area contributed by atoms with Gasteiger partial charge in [0, 0.05) is 43.4 Å². The zero-order valence-corrected chi connectivity index (χ0v) is 33.7. The van der Waals surface area contributed by atoms with Crippen LogP contribution in [0.4, 0.5) is 26.3 Å². The first-order valence-electron chi connectivity index (χ1n) is 20.4. The highest BCUT2D eigenvalue weighted by Gasteiger charge is 2.56. The standard InChI is InChI=1S/C45H48F6N4O6/c1-2-10-35-44(61-31-16-14-30(15-17-31)45(49,50)51,21-8-25-55(35)39(56)37-32(11-7-24-53-37)36(46)38(47)48)40(57)54-26-22-43(29-52,23-27-54)33-12-3-4-13-34(33)60-28-9-20-42(41(58)59)18-5-6-19-42/h2-4,7,10-17,24,35-36,38H,5-6,8-9,18-23,25-28H2,1H3,(H,58,59)/b10-2+/t35-,36?,44+/m1/s1. The Morgan fingerprint density at radius 2 is 1.64 bits per heavy atom. The number of alkyl halides is 6. The summed E-state index contributed by atoms with van der Waals surface area (Å²) in [6.07, 6.45) is -2.41.